The lowest BCUT2D eigenvalue weighted by Gasteiger charge is -2.12. The lowest BCUT2D eigenvalue weighted by molar-refractivity contribution is 0.797. The van der Waals surface area contributed by atoms with Gasteiger partial charge in [-0.1, -0.05) is 29.3 Å². The zero-order chi connectivity index (χ0) is 16.8. The SMILES string of the molecule is CN=C(NCc1csc(N(C)C)n1)NCc1ccc(Cl)cc1Cl. The average Bonchev–Trinajstić information content (AvgIpc) is 2.98. The van der Waals surface area contributed by atoms with Crippen molar-refractivity contribution in [3.05, 3.63) is 44.9 Å². The third kappa shape index (κ3) is 5.27. The summed E-state index contributed by atoms with van der Waals surface area (Å²) in [5.41, 5.74) is 1.94. The van der Waals surface area contributed by atoms with Gasteiger partial charge in [-0.05, 0) is 17.7 Å². The van der Waals surface area contributed by atoms with Crippen molar-refractivity contribution in [1.82, 2.24) is 15.6 Å². The van der Waals surface area contributed by atoms with Gasteiger partial charge in [0.05, 0.1) is 12.2 Å². The van der Waals surface area contributed by atoms with Crippen LogP contribution in [-0.4, -0.2) is 32.1 Å². The Balaban J connectivity index is 1.88. The van der Waals surface area contributed by atoms with E-state index in [0.717, 1.165) is 16.4 Å². The van der Waals surface area contributed by atoms with Crippen molar-refractivity contribution in [1.29, 1.82) is 0 Å². The molecule has 0 aliphatic heterocycles. The molecule has 0 saturated carbocycles. The molecule has 2 N–H and O–H groups in total. The number of guanidine groups is 1. The number of aliphatic imine (C=N–C) groups is 1. The quantitative estimate of drug-likeness (QED) is 0.624. The van der Waals surface area contributed by atoms with Gasteiger partial charge in [0.2, 0.25) is 0 Å². The molecule has 23 heavy (non-hydrogen) atoms. The van der Waals surface area contributed by atoms with E-state index in [1.807, 2.05) is 36.5 Å². The van der Waals surface area contributed by atoms with E-state index in [-0.39, 0.29) is 0 Å². The highest BCUT2D eigenvalue weighted by Crippen LogP contribution is 2.20. The number of rotatable bonds is 5. The van der Waals surface area contributed by atoms with Crippen LogP contribution in [0.5, 0.6) is 0 Å². The number of hydrogen-bond donors (Lipinski definition) is 2. The van der Waals surface area contributed by atoms with Gasteiger partial charge in [0.1, 0.15) is 0 Å². The summed E-state index contributed by atoms with van der Waals surface area (Å²) >= 11 is 13.7. The van der Waals surface area contributed by atoms with Crippen LogP contribution < -0.4 is 15.5 Å². The summed E-state index contributed by atoms with van der Waals surface area (Å²) in [6.07, 6.45) is 0. The van der Waals surface area contributed by atoms with E-state index < -0.39 is 0 Å². The number of thiazole rings is 1. The van der Waals surface area contributed by atoms with Gasteiger partial charge in [-0.3, -0.25) is 4.99 Å². The van der Waals surface area contributed by atoms with Crippen LogP contribution in [0.4, 0.5) is 5.13 Å². The maximum atomic E-state index is 6.16. The molecule has 0 radical (unpaired) electrons. The van der Waals surface area contributed by atoms with Crippen LogP contribution in [0.3, 0.4) is 0 Å². The zero-order valence-corrected chi connectivity index (χ0v) is 15.6. The summed E-state index contributed by atoms with van der Waals surface area (Å²) in [5.74, 6) is 0.690. The smallest absolute Gasteiger partial charge is 0.191 e. The summed E-state index contributed by atoms with van der Waals surface area (Å²) in [4.78, 5) is 10.7. The molecule has 8 heteroatoms. The van der Waals surface area contributed by atoms with Crippen molar-refractivity contribution >= 4 is 45.6 Å². The number of nitrogens with one attached hydrogen (secondary N) is 2. The lowest BCUT2D eigenvalue weighted by atomic mass is 10.2. The van der Waals surface area contributed by atoms with Crippen LogP contribution in [-0.2, 0) is 13.1 Å². The van der Waals surface area contributed by atoms with E-state index in [0.29, 0.717) is 29.1 Å². The second-order valence-electron chi connectivity index (χ2n) is 5.03. The predicted molar refractivity (Wildman–Crippen MR) is 99.9 cm³/mol. The van der Waals surface area contributed by atoms with Gasteiger partial charge in [-0.2, -0.15) is 0 Å². The normalized spacial score (nSPS) is 11.4. The third-order valence-corrected chi connectivity index (χ3v) is 4.69. The van der Waals surface area contributed by atoms with E-state index in [1.165, 1.54) is 0 Å². The summed E-state index contributed by atoms with van der Waals surface area (Å²) in [6, 6.07) is 5.45. The Bertz CT molecular complexity index is 684. The second kappa shape index (κ2) is 8.38. The fourth-order valence-electron chi connectivity index (χ4n) is 1.82. The van der Waals surface area contributed by atoms with Crippen molar-refractivity contribution in [2.24, 2.45) is 4.99 Å². The van der Waals surface area contributed by atoms with Crippen molar-refractivity contribution in [3.8, 4) is 0 Å². The van der Waals surface area contributed by atoms with E-state index >= 15 is 0 Å². The molecule has 5 nitrogen and oxygen atoms in total. The van der Waals surface area contributed by atoms with Crippen LogP contribution in [0.2, 0.25) is 10.0 Å². The Morgan fingerprint density at radius 2 is 2.00 bits per heavy atom. The lowest BCUT2D eigenvalue weighted by Crippen LogP contribution is -2.36. The fourth-order valence-corrected chi connectivity index (χ4v) is 3.06. The number of halogens is 2. The molecule has 0 spiro atoms. The van der Waals surface area contributed by atoms with Crippen LogP contribution >= 0.6 is 34.5 Å². The first-order valence-electron chi connectivity index (χ1n) is 6.99. The Labute approximate surface area is 150 Å². The Morgan fingerprint density at radius 1 is 1.26 bits per heavy atom. The summed E-state index contributed by atoms with van der Waals surface area (Å²) in [7, 11) is 5.68. The number of nitrogens with zero attached hydrogens (tertiary/aromatic N) is 3. The van der Waals surface area contributed by atoms with Gasteiger partial charge in [0, 0.05) is 43.1 Å². The molecule has 124 valence electrons. The van der Waals surface area contributed by atoms with Gasteiger partial charge >= 0.3 is 0 Å². The number of hydrogen-bond acceptors (Lipinski definition) is 4. The predicted octanol–water partition coefficient (Wildman–Crippen LogP) is 3.38. The first-order valence-corrected chi connectivity index (χ1v) is 8.63. The van der Waals surface area contributed by atoms with Crippen LogP contribution in [0.25, 0.3) is 0 Å². The Kier molecular flexibility index (Phi) is 6.50. The summed E-state index contributed by atoms with van der Waals surface area (Å²) in [5, 5.41) is 10.7. The monoisotopic (exact) mass is 371 g/mol. The van der Waals surface area contributed by atoms with E-state index in [1.54, 1.807) is 24.5 Å². The van der Waals surface area contributed by atoms with Gasteiger partial charge in [0.15, 0.2) is 11.1 Å². The van der Waals surface area contributed by atoms with Gasteiger partial charge in [-0.25, -0.2) is 4.98 Å². The Hall–Kier alpha value is -1.50. The summed E-state index contributed by atoms with van der Waals surface area (Å²) in [6.45, 7) is 1.17. The van der Waals surface area contributed by atoms with Crippen molar-refractivity contribution < 1.29 is 0 Å². The topological polar surface area (TPSA) is 52.6 Å². The fraction of sp³-hybridized carbons (Fsp3) is 0.333. The van der Waals surface area contributed by atoms with Gasteiger partial charge < -0.3 is 15.5 Å². The molecule has 1 heterocycles. The maximum absolute atomic E-state index is 6.16. The molecule has 0 atom stereocenters. The number of aromatic nitrogens is 1. The zero-order valence-electron chi connectivity index (χ0n) is 13.2. The van der Waals surface area contributed by atoms with Crippen LogP contribution in [0.1, 0.15) is 11.3 Å². The minimum atomic E-state index is 0.565. The van der Waals surface area contributed by atoms with E-state index in [4.69, 9.17) is 23.2 Å². The standard InChI is InChI=1S/C15H19Cl2N5S/c1-18-14(19-7-10-4-5-11(16)6-13(10)17)20-8-12-9-23-15(21-12)22(2)3/h4-6,9H,7-8H2,1-3H3,(H2,18,19,20). The molecule has 0 fully saturated rings. The first kappa shape index (κ1) is 17.8. The molecule has 0 aliphatic rings. The minimum absolute atomic E-state index is 0.565. The van der Waals surface area contributed by atoms with E-state index in [2.05, 4.69) is 20.6 Å². The highest BCUT2D eigenvalue weighted by molar-refractivity contribution is 7.13. The molecule has 0 saturated heterocycles. The molecular formula is C15H19Cl2N5S. The molecule has 0 aliphatic carbocycles. The molecule has 1 aromatic heterocycles. The highest BCUT2D eigenvalue weighted by atomic mass is 35.5. The van der Waals surface area contributed by atoms with Crippen molar-refractivity contribution in [2.75, 3.05) is 26.0 Å². The highest BCUT2D eigenvalue weighted by Gasteiger charge is 2.06. The maximum Gasteiger partial charge on any atom is 0.191 e. The van der Waals surface area contributed by atoms with Gasteiger partial charge in [0.25, 0.3) is 0 Å². The van der Waals surface area contributed by atoms with Crippen LogP contribution in [0, 0.1) is 0 Å². The average molecular weight is 372 g/mol. The minimum Gasteiger partial charge on any atom is -0.354 e. The molecule has 0 unspecified atom stereocenters. The van der Waals surface area contributed by atoms with E-state index in [9.17, 15) is 0 Å². The molecular weight excluding hydrogens is 353 g/mol. The Morgan fingerprint density at radius 3 is 2.61 bits per heavy atom. The molecule has 0 amide bonds. The third-order valence-electron chi connectivity index (χ3n) is 3.04. The first-order chi connectivity index (χ1) is 11.0. The van der Waals surface area contributed by atoms with Crippen LogP contribution in [0.15, 0.2) is 28.6 Å². The molecule has 1 aromatic carbocycles. The molecule has 0 bridgehead atoms. The molecule has 2 aromatic rings. The summed E-state index contributed by atoms with van der Waals surface area (Å²) < 4.78 is 0. The number of benzene rings is 1. The number of anilines is 1. The second-order valence-corrected chi connectivity index (χ2v) is 6.71. The van der Waals surface area contributed by atoms with Gasteiger partial charge in [-0.15, -0.1) is 11.3 Å². The van der Waals surface area contributed by atoms with Crippen molar-refractivity contribution in [2.45, 2.75) is 13.1 Å². The largest absolute Gasteiger partial charge is 0.354 e. The molecule has 2 rings (SSSR count). The van der Waals surface area contributed by atoms with Crippen molar-refractivity contribution in [3.63, 3.8) is 0 Å².